The molecule has 0 fully saturated rings. The molecular formula is C31H36N4O5. The first kappa shape index (κ1) is 28.5. The van der Waals surface area contributed by atoms with Gasteiger partial charge in [0.25, 0.3) is 5.91 Å². The van der Waals surface area contributed by atoms with Gasteiger partial charge in [-0.3, -0.25) is 9.59 Å². The lowest BCUT2D eigenvalue weighted by Gasteiger charge is -2.28. The maximum atomic E-state index is 13.7. The molecule has 1 N–H and O–H groups in total. The van der Waals surface area contributed by atoms with Crippen LogP contribution in [-0.4, -0.2) is 53.6 Å². The van der Waals surface area contributed by atoms with Crippen LogP contribution in [0.2, 0.25) is 0 Å². The van der Waals surface area contributed by atoms with Crippen molar-refractivity contribution in [2.45, 2.75) is 45.9 Å². The van der Waals surface area contributed by atoms with Gasteiger partial charge in [-0.25, -0.2) is 4.98 Å². The second kappa shape index (κ2) is 12.5. The topological polar surface area (TPSA) is 94.9 Å². The summed E-state index contributed by atoms with van der Waals surface area (Å²) in [5, 5.41) is 3.02. The van der Waals surface area contributed by atoms with E-state index in [4.69, 9.17) is 19.2 Å². The molecule has 1 unspecified atom stereocenters. The summed E-state index contributed by atoms with van der Waals surface area (Å²) in [6.07, 6.45) is 0. The van der Waals surface area contributed by atoms with Crippen molar-refractivity contribution >= 4 is 22.8 Å². The highest BCUT2D eigenvalue weighted by Gasteiger charge is 2.25. The number of carbonyl (C=O) groups excluding carboxylic acids is 2. The average Bonchev–Trinajstić information content (AvgIpc) is 3.33. The fourth-order valence-electron chi connectivity index (χ4n) is 4.71. The molecule has 210 valence electrons. The molecule has 0 aliphatic carbocycles. The normalized spacial score (nSPS) is 11.8. The summed E-state index contributed by atoms with van der Waals surface area (Å²) in [4.78, 5) is 33.7. The van der Waals surface area contributed by atoms with Gasteiger partial charge in [-0.2, -0.15) is 0 Å². The molecule has 0 aliphatic heterocycles. The van der Waals surface area contributed by atoms with E-state index in [2.05, 4.69) is 5.32 Å². The summed E-state index contributed by atoms with van der Waals surface area (Å²) in [7, 11) is 4.51. The third kappa shape index (κ3) is 6.03. The Morgan fingerprint density at radius 3 is 2.12 bits per heavy atom. The third-order valence-electron chi connectivity index (χ3n) is 6.78. The smallest absolute Gasteiger partial charge is 0.252 e. The molecule has 2 amide bonds. The van der Waals surface area contributed by atoms with Crippen LogP contribution in [0, 0.1) is 0 Å². The highest BCUT2D eigenvalue weighted by molar-refractivity contribution is 5.96. The summed E-state index contributed by atoms with van der Waals surface area (Å²) in [6.45, 7) is 6.46. The molecule has 1 atom stereocenters. The summed E-state index contributed by atoms with van der Waals surface area (Å²) in [5.41, 5.74) is 2.97. The monoisotopic (exact) mass is 544 g/mol. The van der Waals surface area contributed by atoms with Crippen LogP contribution in [0.3, 0.4) is 0 Å². The number of carbonyl (C=O) groups is 2. The first-order chi connectivity index (χ1) is 19.3. The van der Waals surface area contributed by atoms with Crippen LogP contribution in [0.5, 0.6) is 17.2 Å². The molecule has 4 rings (SSSR count). The Bertz CT molecular complexity index is 1460. The van der Waals surface area contributed by atoms with Crippen molar-refractivity contribution in [3.8, 4) is 17.2 Å². The van der Waals surface area contributed by atoms with Crippen molar-refractivity contribution in [1.29, 1.82) is 0 Å². The average molecular weight is 545 g/mol. The summed E-state index contributed by atoms with van der Waals surface area (Å²) in [5.74, 6) is 1.37. The summed E-state index contributed by atoms with van der Waals surface area (Å²) < 4.78 is 18.1. The van der Waals surface area contributed by atoms with Gasteiger partial charge in [0.15, 0.2) is 11.5 Å². The molecule has 0 radical (unpaired) electrons. The van der Waals surface area contributed by atoms with E-state index in [0.717, 1.165) is 16.6 Å². The number of fused-ring (bicyclic) bond motifs is 1. The number of para-hydroxylation sites is 2. The molecule has 0 spiro atoms. The fourth-order valence-corrected chi connectivity index (χ4v) is 4.71. The van der Waals surface area contributed by atoms with Crippen molar-refractivity contribution in [2.24, 2.45) is 0 Å². The zero-order valence-corrected chi connectivity index (χ0v) is 23.8. The number of benzene rings is 3. The van der Waals surface area contributed by atoms with Gasteiger partial charge >= 0.3 is 0 Å². The predicted molar refractivity (Wildman–Crippen MR) is 154 cm³/mol. The van der Waals surface area contributed by atoms with Gasteiger partial charge in [0.05, 0.1) is 38.4 Å². The minimum atomic E-state index is -0.506. The maximum absolute atomic E-state index is 13.7. The second-order valence-electron chi connectivity index (χ2n) is 9.76. The summed E-state index contributed by atoms with van der Waals surface area (Å²) >= 11 is 0. The number of hydrogen-bond donors (Lipinski definition) is 1. The van der Waals surface area contributed by atoms with E-state index in [1.54, 1.807) is 12.1 Å². The van der Waals surface area contributed by atoms with E-state index in [1.807, 2.05) is 84.8 Å². The Morgan fingerprint density at radius 2 is 1.52 bits per heavy atom. The lowest BCUT2D eigenvalue weighted by Crippen LogP contribution is -2.39. The van der Waals surface area contributed by atoms with Crippen molar-refractivity contribution < 1.29 is 23.8 Å². The number of aromatic nitrogens is 2. The van der Waals surface area contributed by atoms with Crippen LogP contribution in [-0.2, 0) is 17.9 Å². The van der Waals surface area contributed by atoms with E-state index in [-0.39, 0.29) is 24.4 Å². The Labute approximate surface area is 234 Å². The van der Waals surface area contributed by atoms with Crippen LogP contribution in [0.1, 0.15) is 48.6 Å². The molecule has 0 aliphatic rings. The zero-order valence-electron chi connectivity index (χ0n) is 23.8. The Morgan fingerprint density at radius 1 is 0.900 bits per heavy atom. The van der Waals surface area contributed by atoms with Crippen molar-refractivity contribution in [2.75, 3.05) is 21.3 Å². The van der Waals surface area contributed by atoms with Gasteiger partial charge in [-0.1, -0.05) is 42.5 Å². The number of imidazole rings is 1. The standard InChI is InChI=1S/C31H36N4O5/c1-20(2)34(18-22-12-8-7-9-13-22)28(36)19-35-25-15-11-10-14-24(25)33-30(35)21(3)32-31(37)23-16-26(38-4)29(40-6)27(17-23)39-5/h7-17,20-21H,18-19H2,1-6H3,(H,32,37). The van der Waals surface area contributed by atoms with Crippen LogP contribution >= 0.6 is 0 Å². The second-order valence-corrected chi connectivity index (χ2v) is 9.76. The van der Waals surface area contributed by atoms with Crippen LogP contribution in [0.25, 0.3) is 11.0 Å². The van der Waals surface area contributed by atoms with E-state index in [9.17, 15) is 9.59 Å². The quantitative estimate of drug-likeness (QED) is 0.286. The van der Waals surface area contributed by atoms with Crippen LogP contribution in [0.15, 0.2) is 66.7 Å². The van der Waals surface area contributed by atoms with Crippen LogP contribution in [0.4, 0.5) is 0 Å². The maximum Gasteiger partial charge on any atom is 0.252 e. The molecule has 0 saturated heterocycles. The first-order valence-corrected chi connectivity index (χ1v) is 13.2. The van der Waals surface area contributed by atoms with Crippen LogP contribution < -0.4 is 19.5 Å². The predicted octanol–water partition coefficient (Wildman–Crippen LogP) is 4.99. The fraction of sp³-hybridized carbons (Fsp3) is 0.323. The molecule has 9 nitrogen and oxygen atoms in total. The minimum absolute atomic E-state index is 0.00287. The molecule has 1 heterocycles. The Balaban J connectivity index is 1.63. The molecule has 3 aromatic carbocycles. The molecule has 1 aromatic heterocycles. The number of ether oxygens (including phenoxy) is 3. The number of hydrogen-bond acceptors (Lipinski definition) is 6. The molecule has 40 heavy (non-hydrogen) atoms. The third-order valence-corrected chi connectivity index (χ3v) is 6.78. The Kier molecular flexibility index (Phi) is 8.93. The number of rotatable bonds is 11. The van der Waals surface area contributed by atoms with E-state index in [1.165, 1.54) is 21.3 Å². The molecule has 9 heteroatoms. The van der Waals surface area contributed by atoms with Gasteiger partial charge in [-0.05, 0) is 50.6 Å². The molecule has 4 aromatic rings. The lowest BCUT2D eigenvalue weighted by atomic mass is 10.1. The van der Waals surface area contributed by atoms with Gasteiger partial charge in [0.2, 0.25) is 11.7 Å². The minimum Gasteiger partial charge on any atom is -0.493 e. The van der Waals surface area contributed by atoms with Crippen molar-refractivity contribution in [3.63, 3.8) is 0 Å². The van der Waals surface area contributed by atoms with E-state index < -0.39 is 6.04 Å². The highest BCUT2D eigenvalue weighted by atomic mass is 16.5. The number of nitrogens with zero attached hydrogens (tertiary/aromatic N) is 3. The van der Waals surface area contributed by atoms with Gasteiger partial charge < -0.3 is 29.0 Å². The summed E-state index contributed by atoms with van der Waals surface area (Å²) in [6, 6.07) is 20.3. The molecule has 0 bridgehead atoms. The largest absolute Gasteiger partial charge is 0.493 e. The number of methoxy groups -OCH3 is 3. The van der Waals surface area contributed by atoms with E-state index >= 15 is 0 Å². The van der Waals surface area contributed by atoms with Gasteiger partial charge in [0.1, 0.15) is 12.4 Å². The first-order valence-electron chi connectivity index (χ1n) is 13.2. The van der Waals surface area contributed by atoms with Crippen molar-refractivity contribution in [1.82, 2.24) is 19.8 Å². The van der Waals surface area contributed by atoms with Crippen molar-refractivity contribution in [3.05, 3.63) is 83.7 Å². The molecular weight excluding hydrogens is 508 g/mol. The zero-order chi connectivity index (χ0) is 28.8. The van der Waals surface area contributed by atoms with Gasteiger partial charge in [-0.15, -0.1) is 0 Å². The Hall–Kier alpha value is -4.53. The van der Waals surface area contributed by atoms with E-state index in [0.29, 0.717) is 35.2 Å². The number of nitrogens with one attached hydrogen (secondary N) is 1. The van der Waals surface area contributed by atoms with Gasteiger partial charge in [0, 0.05) is 18.2 Å². The lowest BCUT2D eigenvalue weighted by molar-refractivity contribution is -0.134. The highest BCUT2D eigenvalue weighted by Crippen LogP contribution is 2.38. The number of amides is 2. The SMILES string of the molecule is COc1cc(C(=O)NC(C)c2nc3ccccc3n2CC(=O)N(Cc2ccccc2)C(C)C)cc(OC)c1OC. The molecule has 0 saturated carbocycles.